The van der Waals surface area contributed by atoms with E-state index in [1.54, 1.807) is 30.3 Å². The lowest BCUT2D eigenvalue weighted by Gasteiger charge is -2.18. The molecule has 3 aromatic rings. The molecular formula is C20H12ClF3N4O2. The van der Waals surface area contributed by atoms with E-state index in [1.807, 2.05) is 0 Å². The van der Waals surface area contributed by atoms with Crippen LogP contribution in [0.5, 0.6) is 0 Å². The van der Waals surface area contributed by atoms with Gasteiger partial charge in [0, 0.05) is 22.5 Å². The molecule has 10 heteroatoms. The van der Waals surface area contributed by atoms with Crippen molar-refractivity contribution in [2.45, 2.75) is 12.7 Å². The molecule has 0 saturated heterocycles. The predicted molar refractivity (Wildman–Crippen MR) is 102 cm³/mol. The Morgan fingerprint density at radius 3 is 2.27 bits per heavy atom. The third kappa shape index (κ3) is 3.71. The van der Waals surface area contributed by atoms with Crippen LogP contribution in [0.4, 0.5) is 24.8 Å². The van der Waals surface area contributed by atoms with Gasteiger partial charge in [-0.05, 0) is 30.3 Å². The fourth-order valence-corrected chi connectivity index (χ4v) is 3.27. The third-order valence-corrected chi connectivity index (χ3v) is 4.66. The number of rotatable bonds is 4. The highest BCUT2D eigenvalue weighted by atomic mass is 35.5. The van der Waals surface area contributed by atoms with E-state index in [0.29, 0.717) is 10.7 Å². The third-order valence-electron chi connectivity index (χ3n) is 4.42. The van der Waals surface area contributed by atoms with E-state index in [2.05, 4.69) is 15.3 Å². The average molecular weight is 433 g/mol. The monoisotopic (exact) mass is 432 g/mol. The first-order chi connectivity index (χ1) is 14.2. The Morgan fingerprint density at radius 1 is 1.00 bits per heavy atom. The fraction of sp³-hybridized carbons (Fsp3) is 0.100. The van der Waals surface area contributed by atoms with E-state index in [9.17, 15) is 22.8 Å². The Labute approximate surface area is 173 Å². The summed E-state index contributed by atoms with van der Waals surface area (Å²) in [5, 5.41) is 3.04. The van der Waals surface area contributed by atoms with Gasteiger partial charge >= 0.3 is 6.18 Å². The molecule has 1 aliphatic heterocycles. The Bertz CT molecular complexity index is 1130. The zero-order valence-corrected chi connectivity index (χ0v) is 15.8. The summed E-state index contributed by atoms with van der Waals surface area (Å²) in [7, 11) is 0. The van der Waals surface area contributed by atoms with E-state index in [4.69, 9.17) is 11.6 Å². The molecular weight excluding hydrogens is 421 g/mol. The second-order valence-corrected chi connectivity index (χ2v) is 6.88. The van der Waals surface area contributed by atoms with Crippen LogP contribution in [-0.4, -0.2) is 26.7 Å². The van der Waals surface area contributed by atoms with Gasteiger partial charge in [0.1, 0.15) is 0 Å². The van der Waals surface area contributed by atoms with Gasteiger partial charge in [0.15, 0.2) is 5.69 Å². The molecule has 2 aromatic carbocycles. The highest BCUT2D eigenvalue weighted by Gasteiger charge is 2.40. The number of hydrogen-bond acceptors (Lipinski definition) is 5. The zero-order chi connectivity index (χ0) is 21.5. The number of amides is 2. The first-order valence-electron chi connectivity index (χ1n) is 8.65. The highest BCUT2D eigenvalue weighted by molar-refractivity contribution is 6.30. The number of fused-ring (bicyclic) bond motifs is 1. The first kappa shape index (κ1) is 19.8. The molecule has 152 valence electrons. The molecule has 2 heterocycles. The number of nitrogens with one attached hydrogen (secondary N) is 1. The van der Waals surface area contributed by atoms with Gasteiger partial charge < -0.3 is 5.32 Å². The number of carbonyl (C=O) groups excluding carboxylic acids is 2. The summed E-state index contributed by atoms with van der Waals surface area (Å²) in [6, 6.07) is 12.4. The summed E-state index contributed by atoms with van der Waals surface area (Å²) in [4.78, 5) is 33.2. The number of alkyl halides is 3. The van der Waals surface area contributed by atoms with Gasteiger partial charge in [-0.1, -0.05) is 29.8 Å². The maximum Gasteiger partial charge on any atom is 0.433 e. The van der Waals surface area contributed by atoms with E-state index in [1.165, 1.54) is 18.2 Å². The lowest BCUT2D eigenvalue weighted by atomic mass is 10.1. The van der Waals surface area contributed by atoms with Crippen LogP contribution in [0, 0.1) is 0 Å². The molecule has 6 nitrogen and oxygen atoms in total. The SMILES string of the molecule is O=C1c2ccccc2C(=O)N1Cc1cnc(Nc2cccc(Cl)c2)nc1C(F)(F)F. The van der Waals surface area contributed by atoms with Crippen LogP contribution in [0.1, 0.15) is 32.0 Å². The van der Waals surface area contributed by atoms with Gasteiger partial charge in [-0.15, -0.1) is 0 Å². The van der Waals surface area contributed by atoms with Crippen LogP contribution in [0.2, 0.25) is 5.02 Å². The van der Waals surface area contributed by atoms with Crippen molar-refractivity contribution in [2.75, 3.05) is 5.32 Å². The lowest BCUT2D eigenvalue weighted by molar-refractivity contribution is -0.142. The number of anilines is 2. The van der Waals surface area contributed by atoms with Crippen LogP contribution < -0.4 is 5.32 Å². The van der Waals surface area contributed by atoms with Gasteiger partial charge in [-0.3, -0.25) is 14.5 Å². The Kier molecular flexibility index (Phi) is 4.90. The minimum atomic E-state index is -4.82. The van der Waals surface area contributed by atoms with Crippen LogP contribution >= 0.6 is 11.6 Å². The normalized spacial score (nSPS) is 13.5. The van der Waals surface area contributed by atoms with Gasteiger partial charge in [0.05, 0.1) is 17.7 Å². The first-order valence-corrected chi connectivity index (χ1v) is 9.03. The van der Waals surface area contributed by atoms with E-state index >= 15 is 0 Å². The van der Waals surface area contributed by atoms with Crippen molar-refractivity contribution in [1.82, 2.24) is 14.9 Å². The number of benzene rings is 2. The molecule has 1 aliphatic rings. The largest absolute Gasteiger partial charge is 0.433 e. The minimum Gasteiger partial charge on any atom is -0.324 e. The quantitative estimate of drug-likeness (QED) is 0.605. The Morgan fingerprint density at radius 2 is 1.67 bits per heavy atom. The second kappa shape index (κ2) is 7.42. The van der Waals surface area contributed by atoms with Gasteiger partial charge in [0.25, 0.3) is 11.8 Å². The van der Waals surface area contributed by atoms with Gasteiger partial charge in [0.2, 0.25) is 5.95 Å². The average Bonchev–Trinajstić information content (AvgIpc) is 2.93. The predicted octanol–water partition coefficient (Wildman–Crippen LogP) is 4.69. The van der Waals surface area contributed by atoms with Crippen molar-refractivity contribution in [2.24, 2.45) is 0 Å². The number of halogens is 4. The molecule has 0 radical (unpaired) electrons. The maximum absolute atomic E-state index is 13.6. The molecule has 0 spiro atoms. The standard InChI is InChI=1S/C20H12ClF3N4O2/c21-12-4-3-5-13(8-12)26-19-25-9-11(16(27-19)20(22,23)24)10-28-17(29)14-6-1-2-7-15(14)18(28)30/h1-9H,10H2,(H,25,26,27). The summed E-state index contributed by atoms with van der Waals surface area (Å²) in [5.41, 5.74) is -0.927. The molecule has 0 saturated carbocycles. The van der Waals surface area contributed by atoms with Crippen LogP contribution in [0.3, 0.4) is 0 Å². The lowest BCUT2D eigenvalue weighted by Crippen LogP contribution is -2.30. The fourth-order valence-electron chi connectivity index (χ4n) is 3.08. The summed E-state index contributed by atoms with van der Waals surface area (Å²) in [6.07, 6.45) is -3.87. The van der Waals surface area contributed by atoms with Crippen molar-refractivity contribution in [1.29, 1.82) is 0 Å². The molecule has 0 atom stereocenters. The van der Waals surface area contributed by atoms with Gasteiger partial charge in [-0.2, -0.15) is 13.2 Å². The van der Waals surface area contributed by atoms with Crippen molar-refractivity contribution < 1.29 is 22.8 Å². The minimum absolute atomic E-state index is 0.149. The number of carbonyl (C=O) groups is 2. The summed E-state index contributed by atoms with van der Waals surface area (Å²) in [5.74, 6) is -1.62. The van der Waals surface area contributed by atoms with Crippen molar-refractivity contribution in [3.05, 3.63) is 82.1 Å². The summed E-state index contributed by atoms with van der Waals surface area (Å²) < 4.78 is 40.9. The Balaban J connectivity index is 1.65. The van der Waals surface area contributed by atoms with E-state index in [0.717, 1.165) is 11.1 Å². The van der Waals surface area contributed by atoms with Gasteiger partial charge in [-0.25, -0.2) is 9.97 Å². The molecule has 4 rings (SSSR count). The highest BCUT2D eigenvalue weighted by Crippen LogP contribution is 2.33. The molecule has 0 aliphatic carbocycles. The van der Waals surface area contributed by atoms with Crippen LogP contribution in [-0.2, 0) is 12.7 Å². The number of nitrogens with zero attached hydrogens (tertiary/aromatic N) is 3. The maximum atomic E-state index is 13.6. The zero-order valence-electron chi connectivity index (χ0n) is 15.1. The number of imide groups is 1. The molecule has 0 fully saturated rings. The number of hydrogen-bond donors (Lipinski definition) is 1. The van der Waals surface area contributed by atoms with Crippen molar-refractivity contribution in [3.8, 4) is 0 Å². The summed E-state index contributed by atoms with van der Waals surface area (Å²) >= 11 is 5.87. The molecule has 0 unspecified atom stereocenters. The molecule has 1 aromatic heterocycles. The smallest absolute Gasteiger partial charge is 0.324 e. The Hall–Kier alpha value is -3.46. The second-order valence-electron chi connectivity index (χ2n) is 6.44. The van der Waals surface area contributed by atoms with E-state index in [-0.39, 0.29) is 17.1 Å². The summed E-state index contributed by atoms with van der Waals surface area (Å²) in [6.45, 7) is -0.599. The molecule has 2 amide bonds. The topological polar surface area (TPSA) is 75.2 Å². The van der Waals surface area contributed by atoms with Crippen LogP contribution in [0.15, 0.2) is 54.7 Å². The van der Waals surface area contributed by atoms with Crippen molar-refractivity contribution in [3.63, 3.8) is 0 Å². The van der Waals surface area contributed by atoms with Crippen LogP contribution in [0.25, 0.3) is 0 Å². The molecule has 1 N–H and O–H groups in total. The van der Waals surface area contributed by atoms with Crippen molar-refractivity contribution >= 4 is 35.1 Å². The number of aromatic nitrogens is 2. The molecule has 30 heavy (non-hydrogen) atoms. The van der Waals surface area contributed by atoms with E-state index < -0.39 is 35.8 Å². The molecule has 0 bridgehead atoms.